The first-order valence-corrected chi connectivity index (χ1v) is 6.46. The predicted molar refractivity (Wildman–Crippen MR) is 68.3 cm³/mol. The van der Waals surface area contributed by atoms with Crippen molar-refractivity contribution in [3.63, 3.8) is 0 Å². The van der Waals surface area contributed by atoms with Crippen molar-refractivity contribution in [2.24, 2.45) is 0 Å². The van der Waals surface area contributed by atoms with Crippen molar-refractivity contribution < 1.29 is 4.79 Å². The molecule has 1 aromatic carbocycles. The summed E-state index contributed by atoms with van der Waals surface area (Å²) in [6, 6.07) is 4.34. The predicted octanol–water partition coefficient (Wildman–Crippen LogP) is 3.06. The Morgan fingerprint density at radius 2 is 2.12 bits per heavy atom. The molecule has 0 saturated heterocycles. The number of Topliss-reactive ketones (excluding diaryl/α,β-unsaturated/α-hetero) is 1. The lowest BCUT2D eigenvalue weighted by molar-refractivity contribution is -0.120. The number of carbonyl (C=O) groups is 1. The molecule has 2 nitrogen and oxygen atoms in total. The first-order chi connectivity index (χ1) is 8.34. The van der Waals surface area contributed by atoms with Gasteiger partial charge in [-0.3, -0.25) is 4.79 Å². The first-order valence-electron chi connectivity index (χ1n) is 6.46. The van der Waals surface area contributed by atoms with Crippen molar-refractivity contribution in [2.45, 2.75) is 31.1 Å². The second-order valence-electron chi connectivity index (χ2n) is 5.27. The van der Waals surface area contributed by atoms with Crippen molar-refractivity contribution in [3.8, 4) is 0 Å². The van der Waals surface area contributed by atoms with Crippen LogP contribution in [0.3, 0.4) is 0 Å². The Morgan fingerprint density at radius 1 is 1.18 bits per heavy atom. The Morgan fingerprint density at radius 3 is 3.06 bits per heavy atom. The fraction of sp³-hybridized carbons (Fsp3) is 0.400. The normalized spacial score (nSPS) is 28.6. The van der Waals surface area contributed by atoms with Crippen molar-refractivity contribution in [1.82, 2.24) is 0 Å². The third kappa shape index (κ3) is 1.18. The molecule has 0 saturated carbocycles. The Balaban J connectivity index is 2.01. The minimum absolute atomic E-state index is 0.158. The summed E-state index contributed by atoms with van der Waals surface area (Å²) in [7, 11) is 0. The maximum Gasteiger partial charge on any atom is 0.142 e. The number of rotatable bonds is 0. The standard InChI is InChI=1S/C15H15NO/c17-13-7-8-16-12-6-4-10-2-1-9-3-5-11(13)15(12)14(9)10/h1-2,4,6,9,11,16H,3,5,7-8H2. The minimum atomic E-state index is 0.158. The molecule has 86 valence electrons. The van der Waals surface area contributed by atoms with Gasteiger partial charge in [0.25, 0.3) is 0 Å². The first kappa shape index (κ1) is 9.46. The Hall–Kier alpha value is -1.57. The molecule has 0 amide bonds. The molecule has 0 aromatic heterocycles. The monoisotopic (exact) mass is 225 g/mol. The molecule has 0 bridgehead atoms. The van der Waals surface area contributed by atoms with Crippen LogP contribution in [0.4, 0.5) is 5.69 Å². The topological polar surface area (TPSA) is 29.1 Å². The third-order valence-corrected chi connectivity index (χ3v) is 4.39. The number of anilines is 1. The Kier molecular flexibility index (Phi) is 1.79. The Bertz CT molecular complexity index is 544. The van der Waals surface area contributed by atoms with Crippen LogP contribution >= 0.6 is 0 Å². The molecule has 0 radical (unpaired) electrons. The van der Waals surface area contributed by atoms with Crippen LogP contribution in [0.25, 0.3) is 6.08 Å². The maximum absolute atomic E-state index is 12.2. The van der Waals surface area contributed by atoms with Crippen LogP contribution in [0.2, 0.25) is 0 Å². The highest BCUT2D eigenvalue weighted by atomic mass is 16.1. The van der Waals surface area contributed by atoms with Gasteiger partial charge < -0.3 is 5.32 Å². The van der Waals surface area contributed by atoms with E-state index < -0.39 is 0 Å². The molecule has 0 spiro atoms. The average Bonchev–Trinajstić information content (AvgIpc) is 2.70. The molecule has 4 rings (SSSR count). The van der Waals surface area contributed by atoms with E-state index in [-0.39, 0.29) is 5.92 Å². The quantitative estimate of drug-likeness (QED) is 0.735. The van der Waals surface area contributed by atoms with Crippen LogP contribution in [0.1, 0.15) is 47.8 Å². The van der Waals surface area contributed by atoms with E-state index in [1.165, 1.54) is 22.4 Å². The summed E-state index contributed by atoms with van der Waals surface area (Å²) in [4.78, 5) is 12.2. The van der Waals surface area contributed by atoms with Gasteiger partial charge in [0.15, 0.2) is 0 Å². The van der Waals surface area contributed by atoms with Crippen molar-refractivity contribution >= 4 is 17.5 Å². The fourth-order valence-electron chi connectivity index (χ4n) is 3.61. The number of nitrogens with one attached hydrogen (secondary N) is 1. The lowest BCUT2D eigenvalue weighted by Crippen LogP contribution is -2.19. The summed E-state index contributed by atoms with van der Waals surface area (Å²) >= 11 is 0. The molecule has 0 fully saturated rings. The lowest BCUT2D eigenvalue weighted by atomic mass is 9.75. The highest BCUT2D eigenvalue weighted by Gasteiger charge is 2.36. The van der Waals surface area contributed by atoms with Crippen LogP contribution in [0, 0.1) is 0 Å². The van der Waals surface area contributed by atoms with Gasteiger partial charge in [0.2, 0.25) is 0 Å². The molecule has 2 unspecified atom stereocenters. The second kappa shape index (κ2) is 3.22. The zero-order valence-corrected chi connectivity index (χ0v) is 9.70. The zero-order valence-electron chi connectivity index (χ0n) is 9.70. The molecular formula is C15H15NO. The van der Waals surface area contributed by atoms with Gasteiger partial charge in [0.1, 0.15) is 5.78 Å². The van der Waals surface area contributed by atoms with Crippen LogP contribution in [0.15, 0.2) is 18.2 Å². The van der Waals surface area contributed by atoms with E-state index in [4.69, 9.17) is 0 Å². The SMILES string of the molecule is O=C1CCNc2ccc3c4c2C1CCC4C=C3. The van der Waals surface area contributed by atoms with Gasteiger partial charge in [-0.2, -0.15) is 0 Å². The van der Waals surface area contributed by atoms with Gasteiger partial charge in [-0.25, -0.2) is 0 Å². The van der Waals surface area contributed by atoms with Crippen molar-refractivity contribution in [2.75, 3.05) is 11.9 Å². The summed E-state index contributed by atoms with van der Waals surface area (Å²) < 4.78 is 0. The van der Waals surface area contributed by atoms with Gasteiger partial charge in [0, 0.05) is 30.5 Å². The van der Waals surface area contributed by atoms with Gasteiger partial charge in [0.05, 0.1) is 0 Å². The molecule has 3 aliphatic rings. The largest absolute Gasteiger partial charge is 0.384 e. The molecule has 2 aliphatic carbocycles. The number of ketones is 1. The van der Waals surface area contributed by atoms with E-state index in [0.29, 0.717) is 18.1 Å². The highest BCUT2D eigenvalue weighted by Crippen LogP contribution is 2.49. The molecule has 2 heteroatoms. The summed E-state index contributed by atoms with van der Waals surface area (Å²) in [6.45, 7) is 0.791. The van der Waals surface area contributed by atoms with Gasteiger partial charge in [-0.05, 0) is 35.6 Å². The number of hydrogen-bond donors (Lipinski definition) is 1. The second-order valence-corrected chi connectivity index (χ2v) is 5.27. The van der Waals surface area contributed by atoms with Gasteiger partial charge in [-0.1, -0.05) is 18.2 Å². The van der Waals surface area contributed by atoms with E-state index >= 15 is 0 Å². The number of hydrogen-bond acceptors (Lipinski definition) is 2. The molecule has 17 heavy (non-hydrogen) atoms. The van der Waals surface area contributed by atoms with E-state index in [0.717, 1.165) is 19.4 Å². The zero-order chi connectivity index (χ0) is 11.4. The maximum atomic E-state index is 12.2. The van der Waals surface area contributed by atoms with E-state index in [9.17, 15) is 4.79 Å². The molecule has 1 aromatic rings. The van der Waals surface area contributed by atoms with E-state index in [1.807, 2.05) is 0 Å². The fourth-order valence-corrected chi connectivity index (χ4v) is 3.61. The van der Waals surface area contributed by atoms with Crippen LogP contribution < -0.4 is 5.32 Å². The number of benzene rings is 1. The smallest absolute Gasteiger partial charge is 0.142 e. The van der Waals surface area contributed by atoms with Crippen LogP contribution in [-0.2, 0) is 4.79 Å². The van der Waals surface area contributed by atoms with E-state index in [1.54, 1.807) is 0 Å². The van der Waals surface area contributed by atoms with Crippen LogP contribution in [0.5, 0.6) is 0 Å². The molecule has 1 aliphatic heterocycles. The summed E-state index contributed by atoms with van der Waals surface area (Å²) in [5.74, 6) is 1.14. The average molecular weight is 225 g/mol. The minimum Gasteiger partial charge on any atom is -0.384 e. The molecule has 2 atom stereocenters. The van der Waals surface area contributed by atoms with Crippen molar-refractivity contribution in [3.05, 3.63) is 34.9 Å². The summed E-state index contributed by atoms with van der Waals surface area (Å²) in [5, 5.41) is 3.42. The van der Waals surface area contributed by atoms with Gasteiger partial charge in [-0.15, -0.1) is 0 Å². The summed E-state index contributed by atoms with van der Waals surface area (Å²) in [6.07, 6.45) is 7.36. The van der Waals surface area contributed by atoms with E-state index in [2.05, 4.69) is 29.6 Å². The number of allylic oxidation sites excluding steroid dienone is 1. The molecular weight excluding hydrogens is 210 g/mol. The van der Waals surface area contributed by atoms with Crippen molar-refractivity contribution in [1.29, 1.82) is 0 Å². The highest BCUT2D eigenvalue weighted by molar-refractivity contribution is 5.91. The van der Waals surface area contributed by atoms with Gasteiger partial charge >= 0.3 is 0 Å². The summed E-state index contributed by atoms with van der Waals surface area (Å²) in [5.41, 5.74) is 5.27. The molecule has 1 heterocycles. The number of carbonyl (C=O) groups excluding carboxylic acids is 1. The Labute approximate surface area is 101 Å². The van der Waals surface area contributed by atoms with Crippen LogP contribution in [-0.4, -0.2) is 12.3 Å². The molecule has 1 N–H and O–H groups in total. The third-order valence-electron chi connectivity index (χ3n) is 4.39. The lowest BCUT2D eigenvalue weighted by Gasteiger charge is -2.29.